The minimum Gasteiger partial charge on any atom is -0.393 e. The van der Waals surface area contributed by atoms with Crippen molar-refractivity contribution >= 4 is 11.6 Å². The molecule has 1 unspecified atom stereocenters. The molecule has 1 saturated carbocycles. The fourth-order valence-corrected chi connectivity index (χ4v) is 6.87. The molecule has 2 fully saturated rings. The molecule has 200 valence electrons. The third-order valence-electron chi connectivity index (χ3n) is 8.89. The molecular weight excluding hydrogens is 476 g/mol. The first-order valence-corrected chi connectivity index (χ1v) is 14.0. The molecule has 8 heteroatoms. The average Bonchev–Trinajstić information content (AvgIpc) is 3.48. The zero-order valence-corrected chi connectivity index (χ0v) is 22.7. The summed E-state index contributed by atoms with van der Waals surface area (Å²) < 4.78 is 1.91. The highest BCUT2D eigenvalue weighted by Gasteiger charge is 2.49. The Bertz CT molecular complexity index is 1340. The van der Waals surface area contributed by atoms with Crippen LogP contribution in [0.3, 0.4) is 0 Å². The number of anilines is 1. The Balaban J connectivity index is 1.27. The zero-order valence-electron chi connectivity index (χ0n) is 22.7. The lowest BCUT2D eigenvalue weighted by Gasteiger charge is -2.44. The van der Waals surface area contributed by atoms with Gasteiger partial charge < -0.3 is 15.0 Å². The van der Waals surface area contributed by atoms with E-state index in [1.165, 1.54) is 24.0 Å². The molecule has 2 aliphatic carbocycles. The molecule has 2 aromatic heterocycles. The number of aromatic nitrogens is 4. The quantitative estimate of drug-likeness (QED) is 0.512. The molecule has 1 amide bonds. The van der Waals surface area contributed by atoms with Gasteiger partial charge in [0, 0.05) is 31.5 Å². The summed E-state index contributed by atoms with van der Waals surface area (Å²) >= 11 is 0. The van der Waals surface area contributed by atoms with E-state index in [4.69, 9.17) is 4.98 Å². The SMILES string of the molecule is CC1CCc2c(CN3CCC[C@H](C)C3)cc(C(=O)Nc3cccc(C4(c5nncn5C)CC(O)C4)c3)nc21. The number of rotatable bonds is 6. The first kappa shape index (κ1) is 25.2. The van der Waals surface area contributed by atoms with Crippen LogP contribution in [0.1, 0.15) is 90.6 Å². The van der Waals surface area contributed by atoms with Crippen LogP contribution in [0, 0.1) is 5.92 Å². The number of hydrogen-bond acceptors (Lipinski definition) is 6. The lowest BCUT2D eigenvalue weighted by atomic mass is 9.62. The monoisotopic (exact) mass is 514 g/mol. The molecule has 1 saturated heterocycles. The number of nitrogens with one attached hydrogen (secondary N) is 1. The summed E-state index contributed by atoms with van der Waals surface area (Å²) in [6, 6.07) is 9.94. The molecule has 1 aliphatic heterocycles. The van der Waals surface area contributed by atoms with Gasteiger partial charge in [-0.1, -0.05) is 26.0 Å². The first-order chi connectivity index (χ1) is 18.3. The van der Waals surface area contributed by atoms with E-state index in [-0.39, 0.29) is 12.0 Å². The van der Waals surface area contributed by atoms with E-state index >= 15 is 0 Å². The summed E-state index contributed by atoms with van der Waals surface area (Å²) in [4.78, 5) is 21.0. The number of carbonyl (C=O) groups is 1. The summed E-state index contributed by atoms with van der Waals surface area (Å²) in [6.45, 7) is 7.67. The van der Waals surface area contributed by atoms with Gasteiger partial charge in [-0.3, -0.25) is 9.69 Å². The van der Waals surface area contributed by atoms with Gasteiger partial charge in [-0.05, 0) is 91.8 Å². The fraction of sp³-hybridized carbons (Fsp3) is 0.533. The van der Waals surface area contributed by atoms with Crippen molar-refractivity contribution in [1.82, 2.24) is 24.6 Å². The Morgan fingerprint density at radius 1 is 1.21 bits per heavy atom. The van der Waals surface area contributed by atoms with E-state index in [9.17, 15) is 9.90 Å². The van der Waals surface area contributed by atoms with E-state index < -0.39 is 5.41 Å². The number of piperidine rings is 1. The predicted molar refractivity (Wildman–Crippen MR) is 146 cm³/mol. The molecule has 3 heterocycles. The van der Waals surface area contributed by atoms with Crippen molar-refractivity contribution in [3.63, 3.8) is 0 Å². The minimum absolute atomic E-state index is 0.182. The van der Waals surface area contributed by atoms with Crippen molar-refractivity contribution in [3.8, 4) is 0 Å². The molecule has 2 N–H and O–H groups in total. The summed E-state index contributed by atoms with van der Waals surface area (Å²) in [7, 11) is 1.93. The largest absolute Gasteiger partial charge is 0.393 e. The molecule has 0 radical (unpaired) electrons. The highest BCUT2D eigenvalue weighted by molar-refractivity contribution is 6.03. The van der Waals surface area contributed by atoms with Crippen LogP contribution in [0.4, 0.5) is 5.69 Å². The van der Waals surface area contributed by atoms with Crippen LogP contribution in [0.2, 0.25) is 0 Å². The molecular formula is C30H38N6O2. The number of likely N-dealkylation sites (tertiary alicyclic amines) is 1. The number of nitrogens with zero attached hydrogens (tertiary/aromatic N) is 5. The summed E-state index contributed by atoms with van der Waals surface area (Å²) in [6.07, 6.45) is 7.16. The number of carbonyl (C=O) groups excluding carboxylic acids is 1. The number of pyridine rings is 1. The first-order valence-electron chi connectivity index (χ1n) is 14.0. The van der Waals surface area contributed by atoms with Gasteiger partial charge in [0.25, 0.3) is 5.91 Å². The van der Waals surface area contributed by atoms with Crippen molar-refractivity contribution in [3.05, 3.63) is 70.6 Å². The standard InChI is InChI=1S/C30H38N6O2/c1-19-6-5-11-36(16-19)17-21-12-26(33-27-20(2)9-10-25(21)27)28(38)32-23-8-4-7-22(13-23)30(14-24(37)15-30)29-34-31-18-35(29)3/h4,7-8,12-13,18-20,24,37H,5-6,9-11,14-17H2,1-3H3,(H,32,38)/t19-,20?,24?,30?/m0/s1. The Morgan fingerprint density at radius 2 is 2.05 bits per heavy atom. The van der Waals surface area contributed by atoms with Crippen LogP contribution in [0.5, 0.6) is 0 Å². The second-order valence-corrected chi connectivity index (χ2v) is 11.9. The summed E-state index contributed by atoms with van der Waals surface area (Å²) in [5.41, 5.74) is 5.52. The maximum atomic E-state index is 13.5. The van der Waals surface area contributed by atoms with Crippen LogP contribution in [0.25, 0.3) is 0 Å². The number of hydrogen-bond donors (Lipinski definition) is 2. The van der Waals surface area contributed by atoms with Crippen molar-refractivity contribution in [2.45, 2.75) is 76.4 Å². The Hall–Kier alpha value is -3.10. The average molecular weight is 515 g/mol. The number of fused-ring (bicyclic) bond motifs is 1. The molecule has 3 aromatic rings. The molecule has 0 spiro atoms. The maximum absolute atomic E-state index is 13.5. The Labute approximate surface area is 224 Å². The smallest absolute Gasteiger partial charge is 0.274 e. The highest BCUT2D eigenvalue weighted by atomic mass is 16.3. The molecule has 0 bridgehead atoms. The Kier molecular flexibility index (Phi) is 6.56. The third-order valence-corrected chi connectivity index (χ3v) is 8.89. The van der Waals surface area contributed by atoms with E-state index in [0.717, 1.165) is 55.2 Å². The summed E-state index contributed by atoms with van der Waals surface area (Å²) in [5, 5.41) is 21.8. The topological polar surface area (TPSA) is 96.2 Å². The molecule has 1 aromatic carbocycles. The molecule has 6 rings (SSSR count). The normalized spacial score (nSPS) is 27.1. The third kappa shape index (κ3) is 4.54. The van der Waals surface area contributed by atoms with Crippen LogP contribution in [-0.2, 0) is 25.4 Å². The van der Waals surface area contributed by atoms with E-state index in [1.54, 1.807) is 6.33 Å². The van der Waals surface area contributed by atoms with Crippen LogP contribution in [-0.4, -0.2) is 54.9 Å². The van der Waals surface area contributed by atoms with Gasteiger partial charge in [0.05, 0.1) is 11.5 Å². The van der Waals surface area contributed by atoms with Gasteiger partial charge in [-0.25, -0.2) is 4.98 Å². The van der Waals surface area contributed by atoms with Crippen molar-refractivity contribution in [1.29, 1.82) is 0 Å². The molecule has 3 aliphatic rings. The maximum Gasteiger partial charge on any atom is 0.274 e. The lowest BCUT2D eigenvalue weighted by molar-refractivity contribution is 0.0323. The van der Waals surface area contributed by atoms with Crippen molar-refractivity contribution in [2.24, 2.45) is 13.0 Å². The van der Waals surface area contributed by atoms with E-state index in [2.05, 4.69) is 34.3 Å². The van der Waals surface area contributed by atoms with E-state index in [0.29, 0.717) is 30.4 Å². The van der Waals surface area contributed by atoms with Gasteiger partial charge in [0.2, 0.25) is 0 Å². The molecule has 8 nitrogen and oxygen atoms in total. The minimum atomic E-state index is -0.411. The van der Waals surface area contributed by atoms with Gasteiger partial charge in [-0.15, -0.1) is 10.2 Å². The Morgan fingerprint density at radius 3 is 2.79 bits per heavy atom. The zero-order chi connectivity index (χ0) is 26.4. The fourth-order valence-electron chi connectivity index (χ4n) is 6.87. The highest BCUT2D eigenvalue weighted by Crippen LogP contribution is 2.48. The number of aliphatic hydroxyl groups excluding tert-OH is 1. The van der Waals surface area contributed by atoms with Crippen molar-refractivity contribution in [2.75, 3.05) is 18.4 Å². The van der Waals surface area contributed by atoms with Gasteiger partial charge in [-0.2, -0.15) is 0 Å². The molecule has 2 atom stereocenters. The number of aliphatic hydroxyl groups is 1. The second-order valence-electron chi connectivity index (χ2n) is 11.9. The number of benzene rings is 1. The second kappa shape index (κ2) is 9.89. The number of aryl methyl sites for hydroxylation is 1. The summed E-state index contributed by atoms with van der Waals surface area (Å²) in [5.74, 6) is 1.74. The van der Waals surface area contributed by atoms with E-state index in [1.807, 2.05) is 41.9 Å². The van der Waals surface area contributed by atoms with Crippen molar-refractivity contribution < 1.29 is 9.90 Å². The predicted octanol–water partition coefficient (Wildman–Crippen LogP) is 4.18. The van der Waals surface area contributed by atoms with Gasteiger partial charge in [0.15, 0.2) is 0 Å². The molecule has 38 heavy (non-hydrogen) atoms. The van der Waals surface area contributed by atoms with Crippen LogP contribution >= 0.6 is 0 Å². The van der Waals surface area contributed by atoms with Crippen LogP contribution in [0.15, 0.2) is 36.7 Å². The van der Waals surface area contributed by atoms with Crippen LogP contribution < -0.4 is 5.32 Å². The number of amides is 1. The lowest BCUT2D eigenvalue weighted by Crippen LogP contribution is -2.47. The van der Waals surface area contributed by atoms with Gasteiger partial charge in [0.1, 0.15) is 17.8 Å². The van der Waals surface area contributed by atoms with Gasteiger partial charge >= 0.3 is 0 Å².